The molecule has 17 heavy (non-hydrogen) atoms. The quantitative estimate of drug-likeness (QED) is 0.844. The van der Waals surface area contributed by atoms with Crippen molar-refractivity contribution in [1.82, 2.24) is 5.32 Å². The van der Waals surface area contributed by atoms with Crippen LogP contribution >= 0.6 is 0 Å². The third-order valence-electron chi connectivity index (χ3n) is 3.48. The Balaban J connectivity index is 2.17. The number of rotatable bonds is 3. The summed E-state index contributed by atoms with van der Waals surface area (Å²) in [6.45, 7) is 4.12. The van der Waals surface area contributed by atoms with Gasteiger partial charge in [-0.1, -0.05) is 38.1 Å². The first kappa shape index (κ1) is 12.5. The smallest absolute Gasteiger partial charge is 0.275 e. The zero-order chi connectivity index (χ0) is 12.5. The summed E-state index contributed by atoms with van der Waals surface area (Å²) in [5, 5.41) is 3.37. The van der Waals surface area contributed by atoms with Gasteiger partial charge < -0.3 is 5.32 Å². The molecule has 0 aromatic heterocycles. The monoisotopic (exact) mass is 239 g/mol. The van der Waals surface area contributed by atoms with Crippen LogP contribution in [0.3, 0.4) is 0 Å². The second-order valence-electron chi connectivity index (χ2n) is 5.05. The van der Waals surface area contributed by atoms with Gasteiger partial charge in [-0.2, -0.15) is 0 Å². The number of hydrogen-bond donors (Lipinski definition) is 1. The topological polar surface area (TPSA) is 12.0 Å². The average molecular weight is 239 g/mol. The summed E-state index contributed by atoms with van der Waals surface area (Å²) in [6, 6.07) is 7.13. The average Bonchev–Trinajstić information content (AvgIpc) is 2.82. The summed E-state index contributed by atoms with van der Waals surface area (Å²) < 4.78 is 27.5. The van der Waals surface area contributed by atoms with Gasteiger partial charge in [-0.3, -0.25) is 0 Å². The molecule has 1 unspecified atom stereocenters. The van der Waals surface area contributed by atoms with Crippen LogP contribution in [-0.2, 0) is 5.92 Å². The highest BCUT2D eigenvalue weighted by Gasteiger charge is 2.35. The van der Waals surface area contributed by atoms with Crippen molar-refractivity contribution in [3.63, 3.8) is 0 Å². The number of alkyl halides is 2. The molecule has 1 aliphatic rings. The first-order valence-electron chi connectivity index (χ1n) is 6.23. The Morgan fingerprint density at radius 1 is 1.24 bits per heavy atom. The lowest BCUT2D eigenvalue weighted by Gasteiger charge is -2.21. The molecule has 1 nitrogen and oxygen atoms in total. The zero-order valence-corrected chi connectivity index (χ0v) is 10.3. The fourth-order valence-electron chi connectivity index (χ4n) is 2.24. The molecule has 1 fully saturated rings. The predicted molar refractivity (Wildman–Crippen MR) is 65.2 cm³/mol. The lowest BCUT2D eigenvalue weighted by Crippen LogP contribution is -2.21. The summed E-state index contributed by atoms with van der Waals surface area (Å²) >= 11 is 0. The van der Waals surface area contributed by atoms with Crippen molar-refractivity contribution in [2.75, 3.05) is 6.54 Å². The summed E-state index contributed by atoms with van der Waals surface area (Å²) in [4.78, 5) is 0. The maximum atomic E-state index is 13.8. The molecule has 2 rings (SSSR count). The highest BCUT2D eigenvalue weighted by molar-refractivity contribution is 5.28. The van der Waals surface area contributed by atoms with Crippen molar-refractivity contribution in [2.24, 2.45) is 5.92 Å². The van der Waals surface area contributed by atoms with Crippen molar-refractivity contribution in [3.05, 3.63) is 35.4 Å². The Morgan fingerprint density at radius 2 is 1.88 bits per heavy atom. The second-order valence-corrected chi connectivity index (χ2v) is 5.05. The Bertz CT molecular complexity index is 364. The largest absolute Gasteiger partial charge is 0.310 e. The van der Waals surface area contributed by atoms with Crippen LogP contribution in [0.4, 0.5) is 8.78 Å². The van der Waals surface area contributed by atoms with E-state index in [2.05, 4.69) is 5.32 Å². The van der Waals surface area contributed by atoms with Crippen molar-refractivity contribution in [1.29, 1.82) is 0 Å². The Hall–Kier alpha value is -0.960. The van der Waals surface area contributed by atoms with Crippen molar-refractivity contribution < 1.29 is 8.78 Å². The highest BCUT2D eigenvalue weighted by atomic mass is 19.3. The van der Waals surface area contributed by atoms with Gasteiger partial charge in [0, 0.05) is 17.5 Å². The number of halogens is 2. The number of hydrogen-bond acceptors (Lipinski definition) is 1. The van der Waals surface area contributed by atoms with Gasteiger partial charge in [0.2, 0.25) is 0 Å². The van der Waals surface area contributed by atoms with Crippen LogP contribution in [0.1, 0.15) is 43.9 Å². The molecule has 1 atom stereocenters. The molecule has 1 heterocycles. The minimum Gasteiger partial charge on any atom is -0.310 e. The molecule has 0 spiro atoms. The van der Waals surface area contributed by atoms with E-state index < -0.39 is 11.8 Å². The van der Waals surface area contributed by atoms with Crippen LogP contribution in [0.2, 0.25) is 0 Å². The van der Waals surface area contributed by atoms with Crippen molar-refractivity contribution in [2.45, 2.75) is 38.7 Å². The minimum absolute atomic E-state index is 0.120. The van der Waals surface area contributed by atoms with Gasteiger partial charge in [0.25, 0.3) is 5.92 Å². The second kappa shape index (κ2) is 4.73. The van der Waals surface area contributed by atoms with E-state index in [-0.39, 0.29) is 5.56 Å². The lowest BCUT2D eigenvalue weighted by molar-refractivity contribution is -0.0513. The van der Waals surface area contributed by atoms with Gasteiger partial charge in [0.15, 0.2) is 0 Å². The Kier molecular flexibility index (Phi) is 3.48. The third kappa shape index (κ3) is 2.49. The van der Waals surface area contributed by atoms with Crippen LogP contribution in [0.25, 0.3) is 0 Å². The van der Waals surface area contributed by atoms with Crippen LogP contribution in [0, 0.1) is 5.92 Å². The van der Waals surface area contributed by atoms with Crippen LogP contribution in [0.5, 0.6) is 0 Å². The molecule has 0 aliphatic carbocycles. The van der Waals surface area contributed by atoms with E-state index in [4.69, 9.17) is 0 Å². The lowest BCUT2D eigenvalue weighted by atomic mass is 9.95. The highest BCUT2D eigenvalue weighted by Crippen LogP contribution is 2.36. The molecule has 1 aliphatic heterocycles. The maximum Gasteiger partial charge on any atom is 0.275 e. The molecular formula is C14H19F2N. The van der Waals surface area contributed by atoms with E-state index >= 15 is 0 Å². The first-order valence-corrected chi connectivity index (χ1v) is 6.23. The van der Waals surface area contributed by atoms with Crippen LogP contribution in [-0.4, -0.2) is 6.54 Å². The number of benzene rings is 1. The standard InChI is InChI=1S/C14H19F2N/c1-10(2)14(15,16)12-7-5-11(6-8-12)13-4-3-9-17-13/h5-8,10,13,17H,3-4,9H2,1-2H3. The zero-order valence-electron chi connectivity index (χ0n) is 10.3. The molecule has 1 aromatic carbocycles. The van der Waals surface area contributed by atoms with Gasteiger partial charge in [-0.15, -0.1) is 0 Å². The molecule has 1 saturated heterocycles. The van der Waals surface area contributed by atoms with E-state index in [9.17, 15) is 8.78 Å². The van der Waals surface area contributed by atoms with Gasteiger partial charge in [-0.25, -0.2) is 8.78 Å². The van der Waals surface area contributed by atoms with E-state index in [1.54, 1.807) is 26.0 Å². The Labute approximate surface area is 101 Å². The summed E-state index contributed by atoms with van der Waals surface area (Å²) in [6.07, 6.45) is 2.26. The van der Waals surface area contributed by atoms with Gasteiger partial charge in [-0.05, 0) is 24.9 Å². The molecule has 0 bridgehead atoms. The van der Waals surface area contributed by atoms with E-state index in [1.807, 2.05) is 12.1 Å². The maximum absolute atomic E-state index is 13.8. The SMILES string of the molecule is CC(C)C(F)(F)c1ccc(C2CCCN2)cc1. The number of nitrogens with one attached hydrogen (secondary N) is 1. The molecular weight excluding hydrogens is 220 g/mol. The van der Waals surface area contributed by atoms with Crippen LogP contribution in [0.15, 0.2) is 24.3 Å². The summed E-state index contributed by atoms with van der Waals surface area (Å²) in [5.41, 5.74) is 1.24. The molecule has 0 radical (unpaired) electrons. The van der Waals surface area contributed by atoms with Gasteiger partial charge >= 0.3 is 0 Å². The minimum atomic E-state index is -2.73. The summed E-state index contributed by atoms with van der Waals surface area (Å²) in [7, 11) is 0. The Morgan fingerprint density at radius 3 is 2.35 bits per heavy atom. The van der Waals surface area contributed by atoms with Crippen molar-refractivity contribution in [3.8, 4) is 0 Å². The molecule has 0 amide bonds. The van der Waals surface area contributed by atoms with Gasteiger partial charge in [0.05, 0.1) is 0 Å². The molecule has 0 saturated carbocycles. The van der Waals surface area contributed by atoms with E-state index in [0.29, 0.717) is 6.04 Å². The fourth-order valence-corrected chi connectivity index (χ4v) is 2.24. The third-order valence-corrected chi connectivity index (χ3v) is 3.48. The molecule has 1 aromatic rings. The van der Waals surface area contributed by atoms with Gasteiger partial charge in [0.1, 0.15) is 0 Å². The first-order chi connectivity index (χ1) is 8.01. The molecule has 94 valence electrons. The summed E-state index contributed by atoms with van der Waals surface area (Å²) in [5.74, 6) is -3.40. The van der Waals surface area contributed by atoms with E-state index in [0.717, 1.165) is 24.9 Å². The molecule has 3 heteroatoms. The molecule has 1 N–H and O–H groups in total. The van der Waals surface area contributed by atoms with Crippen molar-refractivity contribution >= 4 is 0 Å². The van der Waals surface area contributed by atoms with Crippen LogP contribution < -0.4 is 5.32 Å². The van der Waals surface area contributed by atoms with E-state index in [1.165, 1.54) is 0 Å². The normalized spacial score (nSPS) is 21.1. The predicted octanol–water partition coefficient (Wildman–Crippen LogP) is 3.86. The fraction of sp³-hybridized carbons (Fsp3) is 0.571.